The van der Waals surface area contributed by atoms with Gasteiger partial charge in [-0.05, 0) is 23.1 Å². The quantitative estimate of drug-likeness (QED) is 0.505. The van der Waals surface area contributed by atoms with E-state index >= 15 is 8.78 Å². The van der Waals surface area contributed by atoms with Gasteiger partial charge in [-0.3, -0.25) is 4.79 Å². The molecule has 0 N–H and O–H groups in total. The Kier molecular flexibility index (Phi) is 5.05. The monoisotopic (exact) mass is 372 g/mol. The van der Waals surface area contributed by atoms with E-state index in [1.54, 1.807) is 36.4 Å². The van der Waals surface area contributed by atoms with Crippen molar-refractivity contribution in [1.29, 1.82) is 0 Å². The number of halogens is 2. The summed E-state index contributed by atoms with van der Waals surface area (Å²) in [4.78, 5) is 12.6. The molecule has 0 radical (unpaired) electrons. The summed E-state index contributed by atoms with van der Waals surface area (Å²) in [7, 11) is 0. The van der Waals surface area contributed by atoms with Crippen molar-refractivity contribution in [2.45, 2.75) is 32.6 Å². The first-order valence-corrected chi connectivity index (χ1v) is 8.75. The number of ketones is 1. The Hall–Kier alpha value is -2.69. The maximum Gasteiger partial charge on any atom is 0.319 e. The highest BCUT2D eigenvalue weighted by molar-refractivity contribution is 6.02. The summed E-state index contributed by atoms with van der Waals surface area (Å²) in [5, 5.41) is 0. The Morgan fingerprint density at radius 2 is 1.70 bits per heavy atom. The molecule has 0 aliphatic carbocycles. The summed E-state index contributed by atoms with van der Waals surface area (Å²) in [6, 6.07) is 12.3. The summed E-state index contributed by atoms with van der Waals surface area (Å²) in [6.45, 7) is 5.80. The minimum absolute atomic E-state index is 0.0163. The summed E-state index contributed by atoms with van der Waals surface area (Å²) < 4.78 is 41.2. The van der Waals surface area contributed by atoms with Gasteiger partial charge in [-0.2, -0.15) is 8.78 Å². The average Bonchev–Trinajstić information content (AvgIpc) is 3.08. The second-order valence-corrected chi connectivity index (χ2v) is 7.63. The van der Waals surface area contributed by atoms with Crippen LogP contribution in [0.2, 0.25) is 0 Å². The van der Waals surface area contributed by atoms with Crippen LogP contribution in [0.3, 0.4) is 0 Å². The predicted octanol–water partition coefficient (Wildman–Crippen LogP) is 5.62. The van der Waals surface area contributed by atoms with Gasteiger partial charge in [-0.1, -0.05) is 69.3 Å². The van der Waals surface area contributed by atoms with Crippen LogP contribution in [0, 0.1) is 5.41 Å². The second-order valence-electron chi connectivity index (χ2n) is 7.63. The van der Waals surface area contributed by atoms with Gasteiger partial charge in [-0.25, -0.2) is 0 Å². The molecule has 2 aromatic rings. The number of fused-ring (bicyclic) bond motifs is 1. The maximum absolute atomic E-state index is 15.3. The van der Waals surface area contributed by atoms with Crippen LogP contribution in [0.25, 0.3) is 0 Å². The number of allylic oxidation sites excluding steroid dienone is 2. The van der Waals surface area contributed by atoms with Gasteiger partial charge < -0.3 is 9.47 Å². The topological polar surface area (TPSA) is 35.5 Å². The normalized spacial score (nSPS) is 15.1. The molecule has 2 aromatic carbocycles. The molecule has 142 valence electrons. The number of Topliss-reactive ketones (excluding diaryl/α,β-unsaturated/α-hetero) is 1. The van der Waals surface area contributed by atoms with E-state index in [9.17, 15) is 4.79 Å². The predicted molar refractivity (Wildman–Crippen MR) is 99.6 cm³/mol. The van der Waals surface area contributed by atoms with Crippen molar-refractivity contribution in [3.8, 4) is 11.5 Å². The van der Waals surface area contributed by atoms with Crippen molar-refractivity contribution in [2.75, 3.05) is 6.79 Å². The van der Waals surface area contributed by atoms with Crippen molar-refractivity contribution < 1.29 is 23.0 Å². The number of alkyl halides is 2. The van der Waals surface area contributed by atoms with E-state index in [4.69, 9.17) is 9.47 Å². The minimum atomic E-state index is -3.61. The number of hydrogen-bond acceptors (Lipinski definition) is 3. The molecule has 0 fully saturated rings. The fraction of sp³-hybridized carbons (Fsp3) is 0.318. The van der Waals surface area contributed by atoms with Crippen molar-refractivity contribution in [1.82, 2.24) is 0 Å². The molecule has 0 amide bonds. The smallest absolute Gasteiger partial charge is 0.319 e. The van der Waals surface area contributed by atoms with Crippen molar-refractivity contribution in [2.24, 2.45) is 5.41 Å². The number of benzene rings is 2. The van der Waals surface area contributed by atoms with Gasteiger partial charge in [0.25, 0.3) is 0 Å². The molecule has 1 atom stereocenters. The van der Waals surface area contributed by atoms with Gasteiger partial charge >= 0.3 is 5.92 Å². The number of hydrogen-bond donors (Lipinski definition) is 0. The Bertz CT molecular complexity index is 852. The van der Waals surface area contributed by atoms with Crippen LogP contribution in [-0.4, -0.2) is 18.5 Å². The van der Waals surface area contributed by atoms with E-state index in [1.165, 1.54) is 24.3 Å². The number of carbonyl (C=O) groups excluding carboxylic acids is 1. The molecule has 5 heteroatoms. The molecule has 1 unspecified atom stereocenters. The summed E-state index contributed by atoms with van der Waals surface area (Å²) in [5.74, 6) is -5.32. The zero-order valence-electron chi connectivity index (χ0n) is 15.5. The van der Waals surface area contributed by atoms with Gasteiger partial charge in [-0.15, -0.1) is 0 Å². The van der Waals surface area contributed by atoms with Crippen LogP contribution in [0.4, 0.5) is 8.78 Å². The van der Waals surface area contributed by atoms with Crippen LogP contribution in [0.5, 0.6) is 11.5 Å². The van der Waals surface area contributed by atoms with Crippen LogP contribution < -0.4 is 9.47 Å². The molecule has 1 heterocycles. The molecular weight excluding hydrogens is 350 g/mol. The van der Waals surface area contributed by atoms with Crippen LogP contribution in [0.1, 0.15) is 42.6 Å². The van der Waals surface area contributed by atoms with Crippen LogP contribution in [-0.2, 0) is 0 Å². The molecule has 27 heavy (non-hydrogen) atoms. The summed E-state index contributed by atoms with van der Waals surface area (Å²) in [6.07, 6.45) is 3.12. The Labute approximate surface area is 157 Å². The second kappa shape index (κ2) is 7.14. The first-order chi connectivity index (χ1) is 12.7. The van der Waals surface area contributed by atoms with Crippen molar-refractivity contribution >= 4 is 5.78 Å². The third-order valence-electron chi connectivity index (χ3n) is 4.27. The van der Waals surface area contributed by atoms with Gasteiger partial charge in [0, 0.05) is 5.56 Å². The Morgan fingerprint density at radius 1 is 1.04 bits per heavy atom. The van der Waals surface area contributed by atoms with Gasteiger partial charge in [0.2, 0.25) is 12.6 Å². The molecule has 0 bridgehead atoms. The zero-order chi connectivity index (χ0) is 19.7. The molecule has 3 rings (SSSR count). The molecule has 1 aliphatic heterocycles. The van der Waals surface area contributed by atoms with Gasteiger partial charge in [0.1, 0.15) is 0 Å². The zero-order valence-corrected chi connectivity index (χ0v) is 15.5. The Morgan fingerprint density at radius 3 is 2.37 bits per heavy atom. The van der Waals surface area contributed by atoms with E-state index in [1.807, 2.05) is 20.8 Å². The van der Waals surface area contributed by atoms with Crippen LogP contribution >= 0.6 is 0 Å². The highest BCUT2D eigenvalue weighted by Gasteiger charge is 2.47. The summed E-state index contributed by atoms with van der Waals surface area (Å²) in [5.41, 5.74) is -0.0214. The molecule has 0 spiro atoms. The van der Waals surface area contributed by atoms with E-state index in [0.717, 1.165) is 0 Å². The number of rotatable bonds is 5. The SMILES string of the molecule is CC(C)(C)/C=C/C(c1ccc2c(c1)OCO2)C(F)(F)C(=O)c1ccccc1. The standard InChI is InChI=1S/C22H22F2O3/c1-21(2,3)12-11-17(16-9-10-18-19(13-16)27-14-26-18)22(23,24)20(25)15-7-5-4-6-8-15/h4-13,17H,14H2,1-3H3/b12-11+. The van der Waals surface area contributed by atoms with Crippen molar-refractivity contribution in [3.05, 3.63) is 71.8 Å². The first-order valence-electron chi connectivity index (χ1n) is 8.75. The third kappa shape index (κ3) is 4.18. The maximum atomic E-state index is 15.3. The summed E-state index contributed by atoms with van der Waals surface area (Å²) >= 11 is 0. The highest BCUT2D eigenvalue weighted by Crippen LogP contribution is 2.42. The molecule has 3 nitrogen and oxygen atoms in total. The Balaban J connectivity index is 2.03. The lowest BCUT2D eigenvalue weighted by molar-refractivity contribution is 0.000962. The van der Waals surface area contributed by atoms with Gasteiger partial charge in [0.15, 0.2) is 11.5 Å². The highest BCUT2D eigenvalue weighted by atomic mass is 19.3. The largest absolute Gasteiger partial charge is 0.454 e. The minimum Gasteiger partial charge on any atom is -0.454 e. The number of ether oxygens (including phenoxy) is 2. The molecule has 1 aliphatic rings. The molecular formula is C22H22F2O3. The lowest BCUT2D eigenvalue weighted by Crippen LogP contribution is -2.35. The van der Waals surface area contributed by atoms with E-state index in [2.05, 4.69) is 0 Å². The van der Waals surface area contributed by atoms with Gasteiger partial charge in [0.05, 0.1) is 5.92 Å². The lowest BCUT2D eigenvalue weighted by atomic mass is 9.85. The lowest BCUT2D eigenvalue weighted by Gasteiger charge is -2.25. The fourth-order valence-electron chi connectivity index (χ4n) is 2.86. The molecule has 0 saturated heterocycles. The van der Waals surface area contributed by atoms with Crippen molar-refractivity contribution in [3.63, 3.8) is 0 Å². The third-order valence-corrected chi connectivity index (χ3v) is 4.27. The number of carbonyl (C=O) groups is 1. The molecule has 0 aromatic heterocycles. The first kappa shape index (κ1) is 19.1. The average molecular weight is 372 g/mol. The van der Waals surface area contributed by atoms with Crippen LogP contribution in [0.15, 0.2) is 60.7 Å². The molecule has 0 saturated carbocycles. The van der Waals surface area contributed by atoms with E-state index < -0.39 is 17.6 Å². The van der Waals surface area contributed by atoms with E-state index in [-0.39, 0.29) is 17.8 Å². The van der Waals surface area contributed by atoms with E-state index in [0.29, 0.717) is 17.1 Å². The fourth-order valence-corrected chi connectivity index (χ4v) is 2.86.